The highest BCUT2D eigenvalue weighted by Crippen LogP contribution is 2.27. The Hall–Kier alpha value is -3.85. The third kappa shape index (κ3) is 5.06. The van der Waals surface area contributed by atoms with Crippen molar-refractivity contribution in [1.82, 2.24) is 19.6 Å². The third-order valence-corrected chi connectivity index (χ3v) is 6.27. The fraction of sp³-hybridized carbons (Fsp3) is 0.333. The predicted octanol–water partition coefficient (Wildman–Crippen LogP) is 4.13. The van der Waals surface area contributed by atoms with Gasteiger partial charge in [0.25, 0.3) is 17.2 Å². The monoisotopic (exact) mass is 491 g/mol. The Labute approximate surface area is 208 Å². The number of amides is 1. The lowest BCUT2D eigenvalue weighted by molar-refractivity contribution is 0.0655. The van der Waals surface area contributed by atoms with E-state index >= 15 is 0 Å². The van der Waals surface area contributed by atoms with E-state index in [1.165, 1.54) is 16.7 Å². The molecule has 2 aromatic carbocycles. The number of carbonyl (C=O) groups excluding carboxylic acids is 1. The highest BCUT2D eigenvalue weighted by atomic mass is 19.1. The Morgan fingerprint density at radius 3 is 2.47 bits per heavy atom. The van der Waals surface area contributed by atoms with Crippen LogP contribution in [0, 0.1) is 19.7 Å². The van der Waals surface area contributed by atoms with Gasteiger partial charge in [-0.2, -0.15) is 4.98 Å². The Bertz CT molecular complexity index is 1410. The van der Waals surface area contributed by atoms with Crippen LogP contribution in [0.3, 0.4) is 0 Å². The van der Waals surface area contributed by atoms with Gasteiger partial charge >= 0.3 is 0 Å². The number of fused-ring (bicyclic) bond motifs is 1. The van der Waals surface area contributed by atoms with E-state index in [1.54, 1.807) is 36.1 Å². The number of hydrogen-bond acceptors (Lipinski definition) is 6. The molecule has 4 rings (SSSR count). The summed E-state index contributed by atoms with van der Waals surface area (Å²) in [6, 6.07) is 12.8. The SMILES string of the molecule is CCC(c1nc2onc(C)c2c(=O)n1Cc1ccc(F)cc1)N(CCCN)C(=O)c1ccc(C)cc1. The Morgan fingerprint density at radius 1 is 1.14 bits per heavy atom. The van der Waals surface area contributed by atoms with E-state index < -0.39 is 6.04 Å². The van der Waals surface area contributed by atoms with Crippen molar-refractivity contribution in [3.63, 3.8) is 0 Å². The molecule has 0 saturated carbocycles. The first-order valence-electron chi connectivity index (χ1n) is 12.0. The molecule has 0 radical (unpaired) electrons. The maximum absolute atomic E-state index is 13.7. The second-order valence-corrected chi connectivity index (χ2v) is 8.87. The van der Waals surface area contributed by atoms with Crippen molar-refractivity contribution < 1.29 is 13.7 Å². The van der Waals surface area contributed by atoms with Crippen molar-refractivity contribution in [3.8, 4) is 0 Å². The van der Waals surface area contributed by atoms with Crippen molar-refractivity contribution in [3.05, 3.63) is 92.9 Å². The van der Waals surface area contributed by atoms with E-state index in [4.69, 9.17) is 15.2 Å². The van der Waals surface area contributed by atoms with E-state index in [0.29, 0.717) is 43.0 Å². The maximum Gasteiger partial charge on any atom is 0.267 e. The van der Waals surface area contributed by atoms with Crippen molar-refractivity contribution in [2.45, 2.75) is 46.2 Å². The summed E-state index contributed by atoms with van der Waals surface area (Å²) in [5, 5.41) is 4.22. The van der Waals surface area contributed by atoms with Gasteiger partial charge in [0.15, 0.2) is 0 Å². The highest BCUT2D eigenvalue weighted by Gasteiger charge is 2.30. The molecule has 1 atom stereocenters. The lowest BCUT2D eigenvalue weighted by Crippen LogP contribution is -2.40. The zero-order valence-electron chi connectivity index (χ0n) is 20.7. The second kappa shape index (κ2) is 10.8. The van der Waals surface area contributed by atoms with Gasteiger partial charge in [-0.15, -0.1) is 0 Å². The van der Waals surface area contributed by atoms with Gasteiger partial charge in [0, 0.05) is 12.1 Å². The molecule has 2 heterocycles. The van der Waals surface area contributed by atoms with Gasteiger partial charge < -0.3 is 15.2 Å². The van der Waals surface area contributed by atoms with E-state index in [9.17, 15) is 14.0 Å². The Balaban J connectivity index is 1.86. The van der Waals surface area contributed by atoms with E-state index in [0.717, 1.165) is 11.1 Å². The van der Waals surface area contributed by atoms with Gasteiger partial charge in [-0.1, -0.05) is 41.9 Å². The predicted molar refractivity (Wildman–Crippen MR) is 135 cm³/mol. The summed E-state index contributed by atoms with van der Waals surface area (Å²) >= 11 is 0. The van der Waals surface area contributed by atoms with Crippen LogP contribution in [0.5, 0.6) is 0 Å². The molecular weight excluding hydrogens is 461 g/mol. The molecule has 0 aliphatic heterocycles. The molecule has 36 heavy (non-hydrogen) atoms. The topological polar surface area (TPSA) is 107 Å². The lowest BCUT2D eigenvalue weighted by atomic mass is 10.1. The first-order valence-corrected chi connectivity index (χ1v) is 12.0. The van der Waals surface area contributed by atoms with Crippen LogP contribution in [0.15, 0.2) is 57.8 Å². The lowest BCUT2D eigenvalue weighted by Gasteiger charge is -2.32. The van der Waals surface area contributed by atoms with Gasteiger partial charge in [-0.3, -0.25) is 14.2 Å². The van der Waals surface area contributed by atoms with Gasteiger partial charge in [0.05, 0.1) is 18.3 Å². The molecule has 4 aromatic rings. The normalized spacial score (nSPS) is 12.1. The number of rotatable bonds is 9. The minimum absolute atomic E-state index is 0.128. The smallest absolute Gasteiger partial charge is 0.267 e. The third-order valence-electron chi connectivity index (χ3n) is 6.27. The van der Waals surface area contributed by atoms with Crippen molar-refractivity contribution >= 4 is 17.0 Å². The molecular formula is C27H30FN5O3. The molecule has 0 spiro atoms. The van der Waals surface area contributed by atoms with Crippen LogP contribution >= 0.6 is 0 Å². The Kier molecular flexibility index (Phi) is 7.59. The summed E-state index contributed by atoms with van der Waals surface area (Å²) in [7, 11) is 0. The van der Waals surface area contributed by atoms with Crippen molar-refractivity contribution in [1.29, 1.82) is 0 Å². The summed E-state index contributed by atoms with van der Waals surface area (Å²) in [4.78, 5) is 33.8. The molecule has 0 aliphatic rings. The average molecular weight is 492 g/mol. The number of nitrogens with zero attached hydrogens (tertiary/aromatic N) is 4. The summed E-state index contributed by atoms with van der Waals surface area (Å²) in [5.41, 5.74) is 8.36. The summed E-state index contributed by atoms with van der Waals surface area (Å²) in [6.07, 6.45) is 1.08. The molecule has 1 unspecified atom stereocenters. The van der Waals surface area contributed by atoms with Crippen LogP contribution in [0.4, 0.5) is 4.39 Å². The first kappa shape index (κ1) is 25.2. The molecule has 0 bridgehead atoms. The molecule has 0 aliphatic carbocycles. The van der Waals surface area contributed by atoms with Gasteiger partial charge in [-0.05, 0) is 63.1 Å². The molecule has 0 fully saturated rings. The standard InChI is InChI=1S/C27H30FN5O3/c1-4-22(32(15-5-14-29)26(34)20-10-6-17(2)7-11-20)24-30-25-23(18(3)31-36-25)27(35)33(24)16-19-8-12-21(28)13-9-19/h6-13,22H,4-5,14-16,29H2,1-3H3. The molecule has 1 amide bonds. The number of halogens is 1. The summed E-state index contributed by atoms with van der Waals surface area (Å²) < 4.78 is 20.4. The van der Waals surface area contributed by atoms with Gasteiger partial charge in [0.2, 0.25) is 0 Å². The highest BCUT2D eigenvalue weighted by molar-refractivity contribution is 5.94. The minimum atomic E-state index is -0.534. The van der Waals surface area contributed by atoms with Crippen LogP contribution < -0.4 is 11.3 Å². The molecule has 188 valence electrons. The maximum atomic E-state index is 13.7. The zero-order valence-corrected chi connectivity index (χ0v) is 20.7. The quantitative estimate of drug-likeness (QED) is 0.377. The number of carbonyl (C=O) groups is 1. The van der Waals surface area contributed by atoms with E-state index in [1.807, 2.05) is 26.0 Å². The molecule has 0 saturated heterocycles. The van der Waals surface area contributed by atoms with Crippen LogP contribution in [-0.4, -0.2) is 38.6 Å². The number of hydrogen-bond donors (Lipinski definition) is 1. The summed E-state index contributed by atoms with van der Waals surface area (Å²) in [5.74, 6) is -0.155. The number of benzene rings is 2. The Morgan fingerprint density at radius 2 is 1.83 bits per heavy atom. The van der Waals surface area contributed by atoms with Gasteiger partial charge in [-0.25, -0.2) is 4.39 Å². The molecule has 2 aromatic heterocycles. The minimum Gasteiger partial charge on any atom is -0.335 e. The largest absolute Gasteiger partial charge is 0.335 e. The fourth-order valence-corrected chi connectivity index (χ4v) is 4.33. The van der Waals surface area contributed by atoms with Crippen molar-refractivity contribution in [2.24, 2.45) is 5.73 Å². The van der Waals surface area contributed by atoms with Crippen molar-refractivity contribution in [2.75, 3.05) is 13.1 Å². The first-order chi connectivity index (χ1) is 17.3. The van der Waals surface area contributed by atoms with Crippen LogP contribution in [0.2, 0.25) is 0 Å². The van der Waals surface area contributed by atoms with E-state index in [-0.39, 0.29) is 34.9 Å². The fourth-order valence-electron chi connectivity index (χ4n) is 4.33. The average Bonchev–Trinajstić information content (AvgIpc) is 3.25. The number of aryl methyl sites for hydroxylation is 2. The molecule has 9 heteroatoms. The van der Waals surface area contributed by atoms with Crippen LogP contribution in [-0.2, 0) is 6.54 Å². The summed E-state index contributed by atoms with van der Waals surface area (Å²) in [6.45, 7) is 6.53. The zero-order chi connectivity index (χ0) is 25.8. The second-order valence-electron chi connectivity index (χ2n) is 8.87. The van der Waals surface area contributed by atoms with Gasteiger partial charge in [0.1, 0.15) is 17.0 Å². The number of nitrogens with two attached hydrogens (primary N) is 1. The van der Waals surface area contributed by atoms with Crippen LogP contribution in [0.1, 0.15) is 58.8 Å². The number of aromatic nitrogens is 3. The molecule has 2 N–H and O–H groups in total. The molecule has 8 nitrogen and oxygen atoms in total. The van der Waals surface area contributed by atoms with E-state index in [2.05, 4.69) is 5.16 Å². The van der Waals surface area contributed by atoms with Crippen LogP contribution in [0.25, 0.3) is 11.1 Å².